The van der Waals surface area contributed by atoms with E-state index < -0.39 is 17.6 Å². The van der Waals surface area contributed by atoms with Gasteiger partial charge in [-0.1, -0.05) is 6.92 Å². The molecule has 1 aliphatic rings. The Hall–Kier alpha value is -2.96. The van der Waals surface area contributed by atoms with Gasteiger partial charge >= 0.3 is 0 Å². The van der Waals surface area contributed by atoms with E-state index in [1.165, 1.54) is 12.1 Å². The predicted molar refractivity (Wildman–Crippen MR) is 118 cm³/mol. The fraction of sp³-hybridized carbons (Fsp3) is 0.458. The molecule has 2 amide bonds. The first-order chi connectivity index (χ1) is 14.6. The van der Waals surface area contributed by atoms with Crippen LogP contribution in [0.3, 0.4) is 0 Å². The number of amides is 2. The van der Waals surface area contributed by atoms with Crippen LogP contribution in [0.25, 0.3) is 0 Å². The number of hydrogen-bond donors (Lipinski definition) is 2. The van der Waals surface area contributed by atoms with Gasteiger partial charge in [-0.25, -0.2) is 4.39 Å². The van der Waals surface area contributed by atoms with E-state index in [9.17, 15) is 18.8 Å². The first-order valence-corrected chi connectivity index (χ1v) is 10.7. The van der Waals surface area contributed by atoms with Crippen LogP contribution in [0.15, 0.2) is 18.2 Å². The molecule has 31 heavy (non-hydrogen) atoms. The average molecular weight is 428 g/mol. The van der Waals surface area contributed by atoms with Gasteiger partial charge in [0.05, 0.1) is 11.3 Å². The minimum atomic E-state index is -0.640. The number of carbonyl (C=O) groups excluding carboxylic acids is 3. The number of hydrogen-bond acceptors (Lipinski definition) is 3. The molecule has 0 radical (unpaired) electrons. The number of halogens is 1. The molecular formula is C24H30FN3O3. The molecule has 0 spiro atoms. The van der Waals surface area contributed by atoms with Crippen LogP contribution in [-0.2, 0) is 11.8 Å². The van der Waals surface area contributed by atoms with Crippen LogP contribution < -0.4 is 10.6 Å². The van der Waals surface area contributed by atoms with Gasteiger partial charge in [-0.05, 0) is 81.7 Å². The molecule has 3 rings (SSSR count). The van der Waals surface area contributed by atoms with Gasteiger partial charge in [0.15, 0.2) is 0 Å². The van der Waals surface area contributed by atoms with E-state index in [0.29, 0.717) is 34.0 Å². The van der Waals surface area contributed by atoms with Crippen molar-refractivity contribution in [1.82, 2.24) is 9.88 Å². The van der Waals surface area contributed by atoms with Crippen molar-refractivity contribution in [2.45, 2.75) is 59.4 Å². The monoisotopic (exact) mass is 427 g/mol. The Labute approximate surface area is 182 Å². The van der Waals surface area contributed by atoms with E-state index in [1.54, 1.807) is 38.5 Å². The third kappa shape index (κ3) is 4.70. The third-order valence-corrected chi connectivity index (χ3v) is 6.35. The molecular weight excluding hydrogens is 397 g/mol. The maximum atomic E-state index is 13.5. The van der Waals surface area contributed by atoms with E-state index in [-0.39, 0.29) is 17.6 Å². The van der Waals surface area contributed by atoms with Gasteiger partial charge in [-0.2, -0.15) is 0 Å². The van der Waals surface area contributed by atoms with Crippen LogP contribution in [0.5, 0.6) is 0 Å². The number of nitrogens with one attached hydrogen (secondary N) is 2. The van der Waals surface area contributed by atoms with Crippen molar-refractivity contribution in [3.05, 3.63) is 52.1 Å². The van der Waals surface area contributed by atoms with Gasteiger partial charge in [0.1, 0.15) is 5.82 Å². The minimum Gasteiger partial charge on any atom is -0.346 e. The summed E-state index contributed by atoms with van der Waals surface area (Å²) in [5, 5.41) is 5.62. The summed E-state index contributed by atoms with van der Waals surface area (Å²) in [6.07, 6.45) is 3.81. The number of ketones is 1. The minimum absolute atomic E-state index is 0.0128. The van der Waals surface area contributed by atoms with E-state index in [1.807, 2.05) is 0 Å². The number of rotatable bonds is 5. The number of nitrogens with zero attached hydrogens (tertiary/aromatic N) is 1. The zero-order valence-electron chi connectivity index (χ0n) is 18.8. The summed E-state index contributed by atoms with van der Waals surface area (Å²) in [7, 11) is 1.67. The fourth-order valence-electron chi connectivity index (χ4n) is 4.31. The van der Waals surface area contributed by atoms with Crippen LogP contribution in [0.1, 0.15) is 70.3 Å². The molecule has 2 aromatic rings. The average Bonchev–Trinajstić information content (AvgIpc) is 2.94. The highest BCUT2D eigenvalue weighted by atomic mass is 19.1. The standard InChI is InChI=1S/C24H30FN3O3/c1-13-6-8-17(9-7-13)26-24(31)22(29)21-15(3)20(16(4)28(21)5)23(30)27-18-10-11-19(25)14(2)12-18/h10-13,17H,6-9H2,1-5H3,(H,26,31)(H,27,30)/t13-,17-. The molecule has 1 saturated carbocycles. The maximum absolute atomic E-state index is 13.5. The second-order valence-corrected chi connectivity index (χ2v) is 8.67. The molecule has 0 saturated heterocycles. The zero-order valence-corrected chi connectivity index (χ0v) is 18.8. The van der Waals surface area contributed by atoms with Crippen LogP contribution in [0.2, 0.25) is 0 Å². The van der Waals surface area contributed by atoms with Crippen molar-refractivity contribution in [1.29, 1.82) is 0 Å². The van der Waals surface area contributed by atoms with Crippen molar-refractivity contribution in [2.24, 2.45) is 13.0 Å². The quantitative estimate of drug-likeness (QED) is 0.554. The second kappa shape index (κ2) is 9.04. The highest BCUT2D eigenvalue weighted by Crippen LogP contribution is 2.25. The van der Waals surface area contributed by atoms with Crippen molar-refractivity contribution in [2.75, 3.05) is 5.32 Å². The van der Waals surface area contributed by atoms with E-state index in [0.717, 1.165) is 25.7 Å². The maximum Gasteiger partial charge on any atom is 0.294 e. The molecule has 1 aromatic heterocycles. The number of carbonyl (C=O) groups is 3. The summed E-state index contributed by atoms with van der Waals surface area (Å²) in [5.41, 5.74) is 2.46. The molecule has 1 aliphatic carbocycles. The molecule has 7 heteroatoms. The topological polar surface area (TPSA) is 80.2 Å². The molecule has 166 valence electrons. The molecule has 0 aliphatic heterocycles. The number of anilines is 1. The Bertz CT molecular complexity index is 1030. The lowest BCUT2D eigenvalue weighted by molar-refractivity contribution is -0.118. The summed E-state index contributed by atoms with van der Waals surface area (Å²) in [6.45, 7) is 7.21. The zero-order chi connectivity index (χ0) is 22.9. The van der Waals surface area contributed by atoms with Gasteiger partial charge in [0.25, 0.3) is 17.6 Å². The van der Waals surface area contributed by atoms with Crippen molar-refractivity contribution >= 4 is 23.3 Å². The molecule has 1 heterocycles. The molecule has 6 nitrogen and oxygen atoms in total. The van der Waals surface area contributed by atoms with E-state index in [2.05, 4.69) is 17.6 Å². The molecule has 2 N–H and O–H groups in total. The number of aromatic nitrogens is 1. The van der Waals surface area contributed by atoms with Crippen molar-refractivity contribution in [3.8, 4) is 0 Å². The van der Waals surface area contributed by atoms with Gasteiger partial charge in [-0.15, -0.1) is 0 Å². The Morgan fingerprint density at radius 1 is 1.06 bits per heavy atom. The lowest BCUT2D eigenvalue weighted by Crippen LogP contribution is -2.41. The van der Waals surface area contributed by atoms with Gasteiger partial charge in [-0.3, -0.25) is 14.4 Å². The summed E-state index contributed by atoms with van der Waals surface area (Å²) < 4.78 is 15.1. The number of Topliss-reactive ketones (excluding diaryl/α,β-unsaturated/α-hetero) is 1. The Kier molecular flexibility index (Phi) is 6.62. The summed E-state index contributed by atoms with van der Waals surface area (Å²) in [4.78, 5) is 38.5. The molecule has 0 atom stereocenters. The predicted octanol–water partition coefficient (Wildman–Crippen LogP) is 4.22. The molecule has 0 bridgehead atoms. The Morgan fingerprint density at radius 2 is 1.71 bits per heavy atom. The third-order valence-electron chi connectivity index (χ3n) is 6.35. The van der Waals surface area contributed by atoms with Gasteiger partial charge < -0.3 is 15.2 Å². The highest BCUT2D eigenvalue weighted by molar-refractivity contribution is 6.43. The van der Waals surface area contributed by atoms with Gasteiger partial charge in [0.2, 0.25) is 0 Å². The normalized spacial score (nSPS) is 18.5. The summed E-state index contributed by atoms with van der Waals surface area (Å²) in [5.74, 6) is -1.39. The molecule has 1 fully saturated rings. The Balaban J connectivity index is 1.80. The highest BCUT2D eigenvalue weighted by Gasteiger charge is 2.30. The number of aryl methyl sites for hydroxylation is 1. The lowest BCUT2D eigenvalue weighted by Gasteiger charge is -2.26. The molecule has 0 unspecified atom stereocenters. The van der Waals surface area contributed by atoms with E-state index in [4.69, 9.17) is 0 Å². The van der Waals surface area contributed by atoms with Crippen LogP contribution >= 0.6 is 0 Å². The smallest absolute Gasteiger partial charge is 0.294 e. The van der Waals surface area contributed by atoms with Gasteiger partial charge in [0, 0.05) is 24.5 Å². The molecule has 1 aromatic carbocycles. The second-order valence-electron chi connectivity index (χ2n) is 8.67. The lowest BCUT2D eigenvalue weighted by atomic mass is 9.87. The summed E-state index contributed by atoms with van der Waals surface area (Å²) in [6, 6.07) is 4.34. The first kappa shape index (κ1) is 22.7. The van der Waals surface area contributed by atoms with Crippen LogP contribution in [0, 0.1) is 32.5 Å². The summed E-state index contributed by atoms with van der Waals surface area (Å²) >= 11 is 0. The fourth-order valence-corrected chi connectivity index (χ4v) is 4.31. The van der Waals surface area contributed by atoms with Crippen LogP contribution in [-0.4, -0.2) is 28.2 Å². The SMILES string of the molecule is Cc1cc(NC(=O)c2c(C)c(C(=O)C(=O)N[C@H]3CC[C@H](C)CC3)n(C)c2C)ccc1F. The van der Waals surface area contributed by atoms with Crippen molar-refractivity contribution < 1.29 is 18.8 Å². The van der Waals surface area contributed by atoms with Crippen LogP contribution in [0.4, 0.5) is 10.1 Å². The van der Waals surface area contributed by atoms with Crippen molar-refractivity contribution in [3.63, 3.8) is 0 Å². The largest absolute Gasteiger partial charge is 0.346 e. The van der Waals surface area contributed by atoms with E-state index >= 15 is 0 Å². The number of benzene rings is 1. The Morgan fingerprint density at radius 3 is 2.32 bits per heavy atom. The first-order valence-electron chi connectivity index (χ1n) is 10.7.